The lowest BCUT2D eigenvalue weighted by molar-refractivity contribution is -0.136. The van der Waals surface area contributed by atoms with Crippen LogP contribution >= 0.6 is 0 Å². The zero-order valence-electron chi connectivity index (χ0n) is 18.1. The van der Waals surface area contributed by atoms with E-state index in [1.54, 1.807) is 0 Å². The predicted octanol–water partition coefficient (Wildman–Crippen LogP) is 3.39. The van der Waals surface area contributed by atoms with Gasteiger partial charge in [0, 0.05) is 12.0 Å². The van der Waals surface area contributed by atoms with Crippen molar-refractivity contribution in [2.24, 2.45) is 5.92 Å². The number of nitrogens with zero attached hydrogens (tertiary/aromatic N) is 6. The fourth-order valence-electron chi connectivity index (χ4n) is 3.54. The molecule has 0 saturated carbocycles. The lowest BCUT2D eigenvalue weighted by Crippen LogP contribution is -2.08. The maximum absolute atomic E-state index is 11.1. The first-order chi connectivity index (χ1) is 15.5. The third kappa shape index (κ3) is 5.05. The third-order valence-electron chi connectivity index (χ3n) is 5.17. The van der Waals surface area contributed by atoms with E-state index in [2.05, 4.69) is 68.8 Å². The molecule has 2 N–H and O–H groups in total. The molecule has 9 nitrogen and oxygen atoms in total. The molecule has 0 amide bonds. The van der Waals surface area contributed by atoms with Crippen LogP contribution in [-0.2, 0) is 24.2 Å². The van der Waals surface area contributed by atoms with Crippen LogP contribution in [0.4, 0.5) is 0 Å². The Balaban J connectivity index is 1.57. The Morgan fingerprint density at radius 1 is 1.09 bits per heavy atom. The van der Waals surface area contributed by atoms with Gasteiger partial charge in [-0.15, -0.1) is 5.10 Å². The van der Waals surface area contributed by atoms with Gasteiger partial charge in [-0.05, 0) is 39.5 Å². The maximum atomic E-state index is 11.1. The Labute approximate surface area is 185 Å². The number of aryl methyl sites for hydroxylation is 1. The smallest absolute Gasteiger partial charge is 0.311 e. The van der Waals surface area contributed by atoms with Crippen molar-refractivity contribution in [2.75, 3.05) is 0 Å². The van der Waals surface area contributed by atoms with Crippen LogP contribution in [0.1, 0.15) is 37.5 Å². The summed E-state index contributed by atoms with van der Waals surface area (Å²) in [6.45, 7) is 4.85. The Bertz CT molecular complexity index is 1180. The fraction of sp³-hybridized carbons (Fsp3) is 0.304. The van der Waals surface area contributed by atoms with Crippen LogP contribution in [0.3, 0.4) is 0 Å². The highest BCUT2D eigenvalue weighted by Crippen LogP contribution is 2.29. The minimum atomic E-state index is -0.928. The Hall–Kier alpha value is -3.88. The molecule has 4 rings (SSSR count). The number of tetrazole rings is 1. The molecule has 164 valence electrons. The topological polar surface area (TPSA) is 122 Å². The number of carboxylic acids is 1. The molecular formula is C23H25N7O2. The van der Waals surface area contributed by atoms with Crippen LogP contribution in [0.15, 0.2) is 48.5 Å². The minimum absolute atomic E-state index is 0.173. The van der Waals surface area contributed by atoms with Crippen molar-refractivity contribution < 1.29 is 9.90 Å². The average Bonchev–Trinajstić information content (AvgIpc) is 3.43. The van der Waals surface area contributed by atoms with Gasteiger partial charge in [-0.25, -0.2) is 14.8 Å². The lowest BCUT2D eigenvalue weighted by atomic mass is 9.98. The van der Waals surface area contributed by atoms with Crippen LogP contribution in [0.5, 0.6) is 0 Å². The number of H-pyrrole nitrogens is 1. The molecule has 0 aliphatic heterocycles. The summed E-state index contributed by atoms with van der Waals surface area (Å²) in [7, 11) is 0. The first-order valence-electron chi connectivity index (χ1n) is 10.6. The average molecular weight is 432 g/mol. The van der Waals surface area contributed by atoms with Gasteiger partial charge in [-0.1, -0.05) is 62.4 Å². The third-order valence-corrected chi connectivity index (χ3v) is 5.17. The molecule has 2 aromatic heterocycles. The van der Waals surface area contributed by atoms with Crippen molar-refractivity contribution in [1.29, 1.82) is 0 Å². The molecular weight excluding hydrogens is 406 g/mol. The van der Waals surface area contributed by atoms with Crippen LogP contribution in [0, 0.1) is 5.92 Å². The number of aromatic nitrogens is 7. The second kappa shape index (κ2) is 9.51. The summed E-state index contributed by atoms with van der Waals surface area (Å²) in [6, 6.07) is 16.2. The van der Waals surface area contributed by atoms with Crippen LogP contribution < -0.4 is 0 Å². The highest BCUT2D eigenvalue weighted by Gasteiger charge is 2.14. The molecule has 0 atom stereocenters. The van der Waals surface area contributed by atoms with Gasteiger partial charge in [0.15, 0.2) is 11.6 Å². The number of nitrogens with one attached hydrogen (secondary N) is 1. The largest absolute Gasteiger partial charge is 0.481 e. The molecule has 0 fully saturated rings. The summed E-state index contributed by atoms with van der Waals surface area (Å²) >= 11 is 0. The first-order valence-corrected chi connectivity index (χ1v) is 10.6. The molecule has 0 bridgehead atoms. The molecule has 0 aliphatic carbocycles. The second-order valence-electron chi connectivity index (χ2n) is 8.10. The number of carboxylic acid groups (broad SMARTS) is 1. The summed E-state index contributed by atoms with van der Waals surface area (Å²) in [6.07, 6.45) is 1.56. The predicted molar refractivity (Wildman–Crippen MR) is 119 cm³/mol. The molecule has 0 radical (unpaired) electrons. The van der Waals surface area contributed by atoms with Gasteiger partial charge in [0.05, 0.1) is 6.54 Å². The quantitative estimate of drug-likeness (QED) is 0.416. The molecule has 0 saturated heterocycles. The van der Waals surface area contributed by atoms with Crippen molar-refractivity contribution in [3.8, 4) is 22.5 Å². The van der Waals surface area contributed by atoms with E-state index in [1.807, 2.05) is 28.9 Å². The van der Waals surface area contributed by atoms with Crippen LogP contribution in [-0.4, -0.2) is 46.5 Å². The maximum Gasteiger partial charge on any atom is 0.311 e. The van der Waals surface area contributed by atoms with E-state index < -0.39 is 5.97 Å². The van der Waals surface area contributed by atoms with Gasteiger partial charge in [-0.2, -0.15) is 5.10 Å². The number of rotatable bonds is 9. The van der Waals surface area contributed by atoms with Gasteiger partial charge in [-0.3, -0.25) is 4.79 Å². The summed E-state index contributed by atoms with van der Waals surface area (Å²) in [4.78, 5) is 15.6. The number of hydrogen-bond donors (Lipinski definition) is 2. The summed E-state index contributed by atoms with van der Waals surface area (Å²) < 4.78 is 1.82. The number of benzene rings is 2. The van der Waals surface area contributed by atoms with E-state index in [9.17, 15) is 4.79 Å². The van der Waals surface area contributed by atoms with Crippen molar-refractivity contribution in [2.45, 2.75) is 39.7 Å². The fourth-order valence-corrected chi connectivity index (χ4v) is 3.54. The van der Waals surface area contributed by atoms with E-state index >= 15 is 0 Å². The van der Waals surface area contributed by atoms with Gasteiger partial charge in [0.25, 0.3) is 0 Å². The Morgan fingerprint density at radius 3 is 2.50 bits per heavy atom. The van der Waals surface area contributed by atoms with Crippen molar-refractivity contribution in [3.63, 3.8) is 0 Å². The zero-order valence-corrected chi connectivity index (χ0v) is 18.1. The molecule has 4 aromatic rings. The minimum Gasteiger partial charge on any atom is -0.481 e. The van der Waals surface area contributed by atoms with Gasteiger partial charge in [0.1, 0.15) is 12.2 Å². The van der Waals surface area contributed by atoms with Gasteiger partial charge in [0.2, 0.25) is 0 Å². The van der Waals surface area contributed by atoms with Gasteiger partial charge >= 0.3 is 5.97 Å². The number of aromatic amines is 1. The molecule has 0 spiro atoms. The second-order valence-corrected chi connectivity index (χ2v) is 8.10. The van der Waals surface area contributed by atoms with E-state index in [1.165, 1.54) is 0 Å². The summed E-state index contributed by atoms with van der Waals surface area (Å²) in [5, 5.41) is 27.7. The molecule has 2 aromatic carbocycles. The number of aliphatic carboxylic acids is 1. The Morgan fingerprint density at radius 2 is 1.84 bits per heavy atom. The first kappa shape index (κ1) is 21.4. The molecule has 0 aliphatic rings. The summed E-state index contributed by atoms with van der Waals surface area (Å²) in [5.74, 6) is 1.39. The van der Waals surface area contributed by atoms with Crippen molar-refractivity contribution in [1.82, 2.24) is 35.4 Å². The Kier molecular flexibility index (Phi) is 6.34. The van der Waals surface area contributed by atoms with E-state index in [4.69, 9.17) is 5.11 Å². The highest BCUT2D eigenvalue weighted by molar-refractivity contribution is 5.80. The SMILES string of the molecule is CC(C)CCc1nc(CC(=O)O)nn1Cc1ccc(-c2ccccc2-c2nnn[nH]2)cc1. The molecule has 2 heterocycles. The van der Waals surface area contributed by atoms with Crippen LogP contribution in [0.2, 0.25) is 0 Å². The molecule has 0 unspecified atom stereocenters. The standard InChI is InChI=1S/C23H25N7O2/c1-15(2)7-12-21-24-20(13-22(31)32)27-30(21)14-16-8-10-17(11-9-16)18-5-3-4-6-19(18)23-25-28-29-26-23/h3-6,8-11,15H,7,12-14H2,1-2H3,(H,31,32)(H,25,26,28,29). The van der Waals surface area contributed by atoms with Crippen molar-refractivity contribution in [3.05, 3.63) is 65.7 Å². The number of carbonyl (C=O) groups is 1. The normalized spacial score (nSPS) is 11.2. The monoisotopic (exact) mass is 431 g/mol. The molecule has 32 heavy (non-hydrogen) atoms. The van der Waals surface area contributed by atoms with E-state index in [0.717, 1.165) is 40.9 Å². The molecule has 9 heteroatoms. The van der Waals surface area contributed by atoms with E-state index in [-0.39, 0.29) is 6.42 Å². The summed E-state index contributed by atoms with van der Waals surface area (Å²) in [5.41, 5.74) is 4.06. The van der Waals surface area contributed by atoms with E-state index in [0.29, 0.717) is 24.1 Å². The zero-order chi connectivity index (χ0) is 22.5. The van der Waals surface area contributed by atoms with Crippen LogP contribution in [0.25, 0.3) is 22.5 Å². The van der Waals surface area contributed by atoms with Crippen molar-refractivity contribution >= 4 is 5.97 Å². The lowest BCUT2D eigenvalue weighted by Gasteiger charge is -2.10. The van der Waals surface area contributed by atoms with Gasteiger partial charge < -0.3 is 5.11 Å². The highest BCUT2D eigenvalue weighted by atomic mass is 16.4. The number of hydrogen-bond acceptors (Lipinski definition) is 6.